The van der Waals surface area contributed by atoms with Gasteiger partial charge in [0.2, 0.25) is 0 Å². The lowest BCUT2D eigenvalue weighted by Crippen LogP contribution is -2.34. The molecule has 0 radical (unpaired) electrons. The van der Waals surface area contributed by atoms with Crippen molar-refractivity contribution in [1.82, 2.24) is 0 Å². The minimum absolute atomic E-state index is 0.317. The first-order valence-corrected chi connectivity index (χ1v) is 8.30. The summed E-state index contributed by atoms with van der Waals surface area (Å²) in [5.74, 6) is 2.71. The van der Waals surface area contributed by atoms with Crippen LogP contribution in [0.5, 0.6) is 0 Å². The van der Waals surface area contributed by atoms with E-state index in [1.165, 1.54) is 11.1 Å². The topological polar surface area (TPSA) is 0 Å². The number of aryl methyl sites for hydroxylation is 1. The Bertz CT molecular complexity index is 395. The molecule has 0 nitrogen and oxygen atoms in total. The van der Waals surface area contributed by atoms with E-state index in [1.807, 2.05) is 0 Å². The average molecular weight is 274 g/mol. The first-order chi connectivity index (χ1) is 9.21. The molecule has 0 N–H and O–H groups in total. The summed E-state index contributed by atoms with van der Waals surface area (Å²) in [7, 11) is 0. The molecule has 0 fully saturated rings. The molecule has 0 spiro atoms. The number of benzene rings is 1. The van der Waals surface area contributed by atoms with E-state index in [1.54, 1.807) is 0 Å². The Morgan fingerprint density at radius 3 is 1.75 bits per heavy atom. The summed E-state index contributed by atoms with van der Waals surface area (Å²) < 4.78 is 0. The molecule has 0 aliphatic rings. The second kappa shape index (κ2) is 6.78. The van der Waals surface area contributed by atoms with Gasteiger partial charge >= 0.3 is 0 Å². The lowest BCUT2D eigenvalue weighted by Gasteiger charge is -2.43. The molecule has 0 aliphatic heterocycles. The second-order valence-corrected chi connectivity index (χ2v) is 7.65. The summed E-state index contributed by atoms with van der Waals surface area (Å²) in [6.07, 6.45) is 1.12. The van der Waals surface area contributed by atoms with Crippen molar-refractivity contribution in [2.45, 2.75) is 67.7 Å². The van der Waals surface area contributed by atoms with Crippen LogP contribution in [0.3, 0.4) is 0 Å². The van der Waals surface area contributed by atoms with Crippen molar-refractivity contribution in [3.05, 3.63) is 35.4 Å². The molecular formula is C20H34. The first-order valence-electron chi connectivity index (χ1n) is 8.30. The largest absolute Gasteiger partial charge is 0.0625 e. The Hall–Kier alpha value is -0.780. The van der Waals surface area contributed by atoms with E-state index in [0.717, 1.165) is 6.42 Å². The SMILES string of the molecule is CCc1ccc(C(C(C)C(C)C)C(C)(C)C(C)C)cc1. The van der Waals surface area contributed by atoms with Crippen LogP contribution in [0.1, 0.15) is 72.4 Å². The van der Waals surface area contributed by atoms with Gasteiger partial charge < -0.3 is 0 Å². The van der Waals surface area contributed by atoms with Gasteiger partial charge in [-0.25, -0.2) is 0 Å². The molecule has 0 saturated carbocycles. The van der Waals surface area contributed by atoms with Gasteiger partial charge in [0.15, 0.2) is 0 Å². The van der Waals surface area contributed by atoms with Gasteiger partial charge in [-0.1, -0.05) is 79.7 Å². The van der Waals surface area contributed by atoms with Gasteiger partial charge in [0.05, 0.1) is 0 Å². The number of hydrogen-bond donors (Lipinski definition) is 0. The van der Waals surface area contributed by atoms with Crippen molar-refractivity contribution in [3.63, 3.8) is 0 Å². The molecule has 1 aromatic carbocycles. The van der Waals surface area contributed by atoms with E-state index in [4.69, 9.17) is 0 Å². The third kappa shape index (κ3) is 3.65. The van der Waals surface area contributed by atoms with Crippen LogP contribution >= 0.6 is 0 Å². The predicted octanol–water partition coefficient (Wildman–Crippen LogP) is 6.31. The van der Waals surface area contributed by atoms with Crippen molar-refractivity contribution in [1.29, 1.82) is 0 Å². The lowest BCUT2D eigenvalue weighted by atomic mass is 9.61. The zero-order valence-corrected chi connectivity index (χ0v) is 14.8. The highest BCUT2D eigenvalue weighted by molar-refractivity contribution is 5.27. The van der Waals surface area contributed by atoms with Crippen LogP contribution < -0.4 is 0 Å². The normalized spacial score (nSPS) is 15.7. The first kappa shape index (κ1) is 17.3. The fourth-order valence-corrected chi connectivity index (χ4v) is 3.12. The quantitative estimate of drug-likeness (QED) is 0.570. The minimum atomic E-state index is 0.317. The van der Waals surface area contributed by atoms with E-state index in [-0.39, 0.29) is 0 Å². The van der Waals surface area contributed by atoms with Gasteiger partial charge in [0.25, 0.3) is 0 Å². The summed E-state index contributed by atoms with van der Waals surface area (Å²) in [4.78, 5) is 0. The van der Waals surface area contributed by atoms with Gasteiger partial charge in [-0.2, -0.15) is 0 Å². The smallest absolute Gasteiger partial charge is 0.00800 e. The summed E-state index contributed by atoms with van der Waals surface area (Å²) in [6.45, 7) is 19.0. The zero-order valence-electron chi connectivity index (χ0n) is 14.8. The molecule has 2 unspecified atom stereocenters. The molecule has 0 heteroatoms. The fourth-order valence-electron chi connectivity index (χ4n) is 3.12. The predicted molar refractivity (Wildman–Crippen MR) is 91.2 cm³/mol. The lowest BCUT2D eigenvalue weighted by molar-refractivity contribution is 0.129. The molecule has 2 atom stereocenters. The van der Waals surface area contributed by atoms with E-state index in [0.29, 0.717) is 29.1 Å². The third-order valence-electron chi connectivity index (χ3n) is 5.61. The zero-order chi connectivity index (χ0) is 15.5. The third-order valence-corrected chi connectivity index (χ3v) is 5.61. The van der Waals surface area contributed by atoms with Crippen molar-refractivity contribution in [3.8, 4) is 0 Å². The molecule has 0 saturated heterocycles. The molecule has 20 heavy (non-hydrogen) atoms. The summed E-state index contributed by atoms with van der Waals surface area (Å²) in [5.41, 5.74) is 3.27. The average Bonchev–Trinajstić information content (AvgIpc) is 2.39. The Morgan fingerprint density at radius 1 is 0.900 bits per heavy atom. The Balaban J connectivity index is 3.22. The van der Waals surface area contributed by atoms with Gasteiger partial charge in [0, 0.05) is 0 Å². The molecule has 0 aliphatic carbocycles. The van der Waals surface area contributed by atoms with E-state index < -0.39 is 0 Å². The fraction of sp³-hybridized carbons (Fsp3) is 0.700. The Kier molecular flexibility index (Phi) is 5.86. The van der Waals surface area contributed by atoms with Crippen molar-refractivity contribution < 1.29 is 0 Å². The maximum absolute atomic E-state index is 2.44. The Labute approximate surface area is 127 Å². The van der Waals surface area contributed by atoms with Crippen molar-refractivity contribution in [2.24, 2.45) is 23.2 Å². The molecule has 0 heterocycles. The molecular weight excluding hydrogens is 240 g/mol. The summed E-state index contributed by atoms with van der Waals surface area (Å²) >= 11 is 0. The van der Waals surface area contributed by atoms with E-state index in [9.17, 15) is 0 Å². The maximum atomic E-state index is 2.44. The number of rotatable bonds is 6. The van der Waals surface area contributed by atoms with E-state index in [2.05, 4.69) is 79.7 Å². The van der Waals surface area contributed by atoms with Crippen LogP contribution in [-0.2, 0) is 6.42 Å². The van der Waals surface area contributed by atoms with Crippen LogP contribution in [0.15, 0.2) is 24.3 Å². The molecule has 0 aromatic heterocycles. The van der Waals surface area contributed by atoms with Crippen LogP contribution in [0.4, 0.5) is 0 Å². The number of hydrogen-bond acceptors (Lipinski definition) is 0. The molecule has 1 rings (SSSR count). The molecule has 0 bridgehead atoms. The highest BCUT2D eigenvalue weighted by Gasteiger charge is 2.38. The second-order valence-electron chi connectivity index (χ2n) is 7.65. The maximum Gasteiger partial charge on any atom is -0.00800 e. The van der Waals surface area contributed by atoms with Crippen LogP contribution in [0.2, 0.25) is 0 Å². The van der Waals surface area contributed by atoms with Gasteiger partial charge in [-0.3, -0.25) is 0 Å². The summed E-state index contributed by atoms with van der Waals surface area (Å²) in [5, 5.41) is 0. The highest BCUT2D eigenvalue weighted by atomic mass is 14.4. The Morgan fingerprint density at radius 2 is 1.40 bits per heavy atom. The van der Waals surface area contributed by atoms with Crippen LogP contribution in [0.25, 0.3) is 0 Å². The summed E-state index contributed by atoms with van der Waals surface area (Å²) in [6, 6.07) is 9.36. The van der Waals surface area contributed by atoms with Crippen molar-refractivity contribution >= 4 is 0 Å². The van der Waals surface area contributed by atoms with Gasteiger partial charge in [-0.05, 0) is 46.6 Å². The monoisotopic (exact) mass is 274 g/mol. The highest BCUT2D eigenvalue weighted by Crippen LogP contribution is 2.47. The molecule has 1 aromatic rings. The molecule has 114 valence electrons. The van der Waals surface area contributed by atoms with Gasteiger partial charge in [0.1, 0.15) is 0 Å². The van der Waals surface area contributed by atoms with Crippen molar-refractivity contribution in [2.75, 3.05) is 0 Å². The van der Waals surface area contributed by atoms with E-state index >= 15 is 0 Å². The molecule has 0 amide bonds. The van der Waals surface area contributed by atoms with Crippen LogP contribution in [0, 0.1) is 23.2 Å². The van der Waals surface area contributed by atoms with Gasteiger partial charge in [-0.15, -0.1) is 0 Å². The standard InChI is InChI=1S/C20H34/c1-9-17-10-12-18(13-11-17)19(16(6)14(2)3)20(7,8)15(4)5/h10-16,19H,9H2,1-8H3. The minimum Gasteiger partial charge on any atom is -0.0625 e. The van der Waals surface area contributed by atoms with Crippen LogP contribution in [-0.4, -0.2) is 0 Å².